The van der Waals surface area contributed by atoms with E-state index in [1.807, 2.05) is 10.6 Å². The minimum atomic E-state index is -0.208. The Kier molecular flexibility index (Phi) is 5.51. The summed E-state index contributed by atoms with van der Waals surface area (Å²) in [5.41, 5.74) is 3.19. The van der Waals surface area contributed by atoms with Crippen molar-refractivity contribution in [3.63, 3.8) is 0 Å². The zero-order chi connectivity index (χ0) is 23.2. The number of carbonyl (C=O) groups is 1. The van der Waals surface area contributed by atoms with Gasteiger partial charge in [-0.2, -0.15) is 0 Å². The van der Waals surface area contributed by atoms with Crippen molar-refractivity contribution in [1.29, 1.82) is 0 Å². The number of benzene rings is 1. The fourth-order valence-electron chi connectivity index (χ4n) is 5.39. The van der Waals surface area contributed by atoms with Crippen LogP contribution in [0.2, 0.25) is 5.02 Å². The fraction of sp³-hybridized carbons (Fsp3) is 0.400. The van der Waals surface area contributed by atoms with Crippen LogP contribution in [0.25, 0.3) is 10.9 Å². The number of hydrogen-bond acceptors (Lipinski definition) is 6. The smallest absolute Gasteiger partial charge is 0.263 e. The number of aromatic nitrogens is 2. The summed E-state index contributed by atoms with van der Waals surface area (Å²) in [6.07, 6.45) is 2.07. The van der Waals surface area contributed by atoms with E-state index in [1.165, 1.54) is 5.56 Å². The van der Waals surface area contributed by atoms with Gasteiger partial charge in [0.2, 0.25) is 0 Å². The zero-order valence-corrected chi connectivity index (χ0v) is 19.5. The largest absolute Gasteiger partial charge is 0.480 e. The van der Waals surface area contributed by atoms with Gasteiger partial charge in [-0.1, -0.05) is 29.8 Å². The number of amides is 1. The summed E-state index contributed by atoms with van der Waals surface area (Å²) >= 11 is 6.39. The topological polar surface area (TPSA) is 88.5 Å². The number of nitrogens with one attached hydrogen (secondary N) is 2. The van der Waals surface area contributed by atoms with Crippen LogP contribution in [-0.2, 0) is 17.9 Å². The summed E-state index contributed by atoms with van der Waals surface area (Å²) < 4.78 is 7.31. The Bertz CT molecular complexity index is 1330. The van der Waals surface area contributed by atoms with Crippen LogP contribution in [-0.4, -0.2) is 52.6 Å². The molecule has 3 aliphatic rings. The number of pyridine rings is 2. The van der Waals surface area contributed by atoms with Crippen LogP contribution in [0.4, 0.5) is 5.82 Å². The number of ether oxygens (including phenoxy) is 1. The molecule has 9 heteroatoms. The van der Waals surface area contributed by atoms with Gasteiger partial charge in [0.05, 0.1) is 16.2 Å². The minimum Gasteiger partial charge on any atom is -0.480 e. The van der Waals surface area contributed by atoms with Crippen molar-refractivity contribution in [1.82, 2.24) is 19.8 Å². The monoisotopic (exact) mass is 479 g/mol. The molecule has 0 aliphatic carbocycles. The molecule has 0 spiro atoms. The Morgan fingerprint density at radius 3 is 2.88 bits per heavy atom. The molecule has 1 fully saturated rings. The van der Waals surface area contributed by atoms with Crippen LogP contribution in [0.15, 0.2) is 41.2 Å². The van der Waals surface area contributed by atoms with Crippen molar-refractivity contribution in [2.24, 2.45) is 0 Å². The van der Waals surface area contributed by atoms with E-state index in [-0.39, 0.29) is 18.1 Å². The molecule has 0 bridgehead atoms. The van der Waals surface area contributed by atoms with E-state index in [1.54, 1.807) is 12.1 Å². The Labute approximate surface area is 201 Å². The molecule has 3 aromatic rings. The molecule has 8 nitrogen and oxygen atoms in total. The average Bonchev–Trinajstić information content (AvgIpc) is 3.21. The molecule has 34 heavy (non-hydrogen) atoms. The van der Waals surface area contributed by atoms with Gasteiger partial charge < -0.3 is 24.8 Å². The van der Waals surface area contributed by atoms with Crippen molar-refractivity contribution in [3.8, 4) is 5.75 Å². The van der Waals surface area contributed by atoms with Crippen molar-refractivity contribution >= 4 is 34.2 Å². The Balaban J connectivity index is 1.05. The molecule has 2 aromatic heterocycles. The first-order valence-corrected chi connectivity index (χ1v) is 12.1. The quantitative estimate of drug-likeness (QED) is 0.585. The Hall–Kier alpha value is -2.94. The molecule has 1 amide bonds. The van der Waals surface area contributed by atoms with E-state index in [9.17, 15) is 9.59 Å². The van der Waals surface area contributed by atoms with Gasteiger partial charge in [0, 0.05) is 43.7 Å². The van der Waals surface area contributed by atoms with E-state index in [4.69, 9.17) is 16.3 Å². The summed E-state index contributed by atoms with van der Waals surface area (Å²) in [4.78, 5) is 31.0. The number of anilines is 1. The molecule has 1 unspecified atom stereocenters. The third kappa shape index (κ3) is 3.96. The van der Waals surface area contributed by atoms with E-state index in [2.05, 4.69) is 38.7 Å². The minimum absolute atomic E-state index is 0.0139. The molecular weight excluding hydrogens is 454 g/mol. The molecule has 2 N–H and O–H groups in total. The number of fused-ring (bicyclic) bond motifs is 1. The molecule has 0 radical (unpaired) electrons. The van der Waals surface area contributed by atoms with Crippen molar-refractivity contribution in [2.75, 3.05) is 31.6 Å². The molecule has 176 valence electrons. The first-order valence-electron chi connectivity index (χ1n) is 11.8. The molecule has 1 saturated heterocycles. The normalized spacial score (nSPS) is 20.3. The van der Waals surface area contributed by atoms with Crippen LogP contribution in [0.5, 0.6) is 5.75 Å². The molecule has 3 aliphatic heterocycles. The second-order valence-corrected chi connectivity index (χ2v) is 9.73. The number of nitrogens with zero attached hydrogens (tertiary/aromatic N) is 3. The maximum atomic E-state index is 12.4. The summed E-state index contributed by atoms with van der Waals surface area (Å²) in [6.45, 7) is 4.26. The van der Waals surface area contributed by atoms with E-state index < -0.39 is 0 Å². The number of carbonyl (C=O) groups excluding carboxylic acids is 1. The lowest BCUT2D eigenvalue weighted by atomic mass is 9.97. The maximum absolute atomic E-state index is 12.4. The first kappa shape index (κ1) is 21.6. The lowest BCUT2D eigenvalue weighted by molar-refractivity contribution is -0.118. The summed E-state index contributed by atoms with van der Waals surface area (Å²) in [6, 6.07) is 12.1. The van der Waals surface area contributed by atoms with Gasteiger partial charge in [-0.05, 0) is 42.9 Å². The maximum Gasteiger partial charge on any atom is 0.263 e. The Morgan fingerprint density at radius 2 is 2.03 bits per heavy atom. The predicted molar refractivity (Wildman–Crippen MR) is 131 cm³/mol. The highest BCUT2D eigenvalue weighted by Crippen LogP contribution is 2.34. The van der Waals surface area contributed by atoms with Gasteiger partial charge in [-0.15, -0.1) is 0 Å². The van der Waals surface area contributed by atoms with E-state index in [0.29, 0.717) is 40.8 Å². The lowest BCUT2D eigenvalue weighted by Crippen LogP contribution is -2.43. The predicted octanol–water partition coefficient (Wildman–Crippen LogP) is 2.73. The SMILES string of the molecule is O=C1COc2cc(Cl)c(CNC3CCN(CC4Cn5c(=O)ccc6cccc4c65)CC3)nc2N1. The number of likely N-dealkylation sites (tertiary alicyclic amines) is 1. The highest BCUT2D eigenvalue weighted by molar-refractivity contribution is 6.31. The van der Waals surface area contributed by atoms with Crippen LogP contribution < -0.4 is 20.9 Å². The zero-order valence-electron chi connectivity index (χ0n) is 18.7. The average molecular weight is 480 g/mol. The number of para-hydroxylation sites is 1. The van der Waals surface area contributed by atoms with Gasteiger partial charge in [-0.25, -0.2) is 4.98 Å². The van der Waals surface area contributed by atoms with Crippen LogP contribution in [0, 0.1) is 0 Å². The van der Waals surface area contributed by atoms with Gasteiger partial charge in [0.25, 0.3) is 11.5 Å². The van der Waals surface area contributed by atoms with Crippen molar-refractivity contribution in [2.45, 2.75) is 37.9 Å². The van der Waals surface area contributed by atoms with Crippen LogP contribution >= 0.6 is 11.6 Å². The number of hydrogen-bond donors (Lipinski definition) is 2. The summed E-state index contributed by atoms with van der Waals surface area (Å²) in [5, 5.41) is 7.98. The van der Waals surface area contributed by atoms with E-state index >= 15 is 0 Å². The summed E-state index contributed by atoms with van der Waals surface area (Å²) in [7, 11) is 0. The molecule has 0 saturated carbocycles. The third-order valence-corrected chi connectivity index (χ3v) is 7.46. The summed E-state index contributed by atoms with van der Waals surface area (Å²) in [5.74, 6) is 1.08. The van der Waals surface area contributed by atoms with E-state index in [0.717, 1.165) is 49.9 Å². The standard InChI is InChI=1S/C25H26ClN5O3/c26-19-10-21-25(29-22(32)14-34-21)28-20(19)11-27-17-6-8-30(9-7-17)12-16-13-31-23(33)5-4-15-2-1-3-18(16)24(15)31/h1-5,10,16-17,27H,6-9,11-14H2,(H,28,29,32). The molecule has 1 atom stereocenters. The number of rotatable bonds is 5. The molecular formula is C25H26ClN5O3. The highest BCUT2D eigenvalue weighted by Gasteiger charge is 2.29. The second kappa shape index (κ2) is 8.69. The van der Waals surface area contributed by atoms with Crippen LogP contribution in [0.1, 0.15) is 30.0 Å². The third-order valence-electron chi connectivity index (χ3n) is 7.14. The van der Waals surface area contributed by atoms with Gasteiger partial charge >= 0.3 is 0 Å². The lowest BCUT2D eigenvalue weighted by Gasteiger charge is -2.34. The molecule has 1 aromatic carbocycles. The highest BCUT2D eigenvalue weighted by atomic mass is 35.5. The number of piperidine rings is 1. The number of halogens is 1. The Morgan fingerprint density at radius 1 is 1.18 bits per heavy atom. The van der Waals surface area contributed by atoms with Gasteiger partial charge in [0.15, 0.2) is 18.2 Å². The second-order valence-electron chi connectivity index (χ2n) is 9.32. The van der Waals surface area contributed by atoms with Crippen LogP contribution in [0.3, 0.4) is 0 Å². The van der Waals surface area contributed by atoms with Crippen molar-refractivity contribution < 1.29 is 9.53 Å². The van der Waals surface area contributed by atoms with Gasteiger partial charge in [0.1, 0.15) is 0 Å². The molecule has 5 heterocycles. The first-order chi connectivity index (χ1) is 16.5. The fourth-order valence-corrected chi connectivity index (χ4v) is 5.60. The van der Waals surface area contributed by atoms with Gasteiger partial charge in [-0.3, -0.25) is 9.59 Å². The molecule has 6 rings (SSSR count). The van der Waals surface area contributed by atoms with Crippen molar-refractivity contribution in [3.05, 3.63) is 63.0 Å².